The average molecular weight is 463 g/mol. The zero-order valence-electron chi connectivity index (χ0n) is 17.9. The van der Waals surface area contributed by atoms with Gasteiger partial charge in [-0.2, -0.15) is 0 Å². The van der Waals surface area contributed by atoms with Crippen molar-refractivity contribution in [3.05, 3.63) is 54.3 Å². The molecule has 10 heteroatoms. The standard InChI is InChI=1S/C23H22N6O3S/c1-3-16(30)26-15-7-4-9-23(15,2)28-20(31)19-18-17-14(8-11-25-21(17)33-19)29(22(32)27-18)13-6-5-10-24-12-13/h3,5-6,8,10-12,15H,1,4,7,9H2,2H3,(H,26,30)(H,27,32)(H,28,31). The second-order valence-electron chi connectivity index (χ2n) is 8.32. The van der Waals surface area contributed by atoms with Crippen molar-refractivity contribution >= 4 is 56.5 Å². The van der Waals surface area contributed by atoms with Gasteiger partial charge in [-0.25, -0.2) is 9.78 Å². The number of thiophene rings is 1. The summed E-state index contributed by atoms with van der Waals surface area (Å²) in [7, 11) is 0. The number of carbonyl (C=O) groups is 3. The van der Waals surface area contributed by atoms with E-state index in [4.69, 9.17) is 0 Å². The molecule has 168 valence electrons. The summed E-state index contributed by atoms with van der Waals surface area (Å²) < 4.78 is 0. The summed E-state index contributed by atoms with van der Waals surface area (Å²) in [5.74, 6) is -0.577. The van der Waals surface area contributed by atoms with Gasteiger partial charge in [0.05, 0.1) is 40.2 Å². The Morgan fingerprint density at radius 2 is 2.21 bits per heavy atom. The van der Waals surface area contributed by atoms with Crippen LogP contribution in [0.5, 0.6) is 0 Å². The molecule has 33 heavy (non-hydrogen) atoms. The monoisotopic (exact) mass is 462 g/mol. The summed E-state index contributed by atoms with van der Waals surface area (Å²) in [5, 5.41) is 9.62. The number of urea groups is 1. The number of nitrogens with one attached hydrogen (secondary N) is 3. The number of carbonyl (C=O) groups excluding carboxylic acids is 3. The molecule has 2 aliphatic rings. The maximum Gasteiger partial charge on any atom is 0.331 e. The number of anilines is 3. The van der Waals surface area contributed by atoms with Crippen LogP contribution in [-0.4, -0.2) is 39.4 Å². The molecular formula is C23H22N6O3S. The molecule has 0 spiro atoms. The number of nitrogens with zero attached hydrogens (tertiary/aromatic N) is 3. The summed E-state index contributed by atoms with van der Waals surface area (Å²) in [4.78, 5) is 49.4. The maximum absolute atomic E-state index is 13.4. The van der Waals surface area contributed by atoms with Gasteiger partial charge in [0.1, 0.15) is 9.71 Å². The summed E-state index contributed by atoms with van der Waals surface area (Å²) in [6, 6.07) is 4.72. The van der Waals surface area contributed by atoms with Crippen molar-refractivity contribution in [1.29, 1.82) is 0 Å². The van der Waals surface area contributed by atoms with Crippen LogP contribution in [0.25, 0.3) is 10.2 Å². The summed E-state index contributed by atoms with van der Waals surface area (Å²) in [6.45, 7) is 5.43. The molecule has 9 nitrogen and oxygen atoms in total. The number of hydrogen-bond donors (Lipinski definition) is 3. The molecule has 1 aliphatic carbocycles. The van der Waals surface area contributed by atoms with Crippen LogP contribution >= 0.6 is 11.3 Å². The molecule has 0 aromatic carbocycles. The first-order chi connectivity index (χ1) is 15.9. The van der Waals surface area contributed by atoms with Crippen molar-refractivity contribution in [2.75, 3.05) is 10.2 Å². The highest BCUT2D eigenvalue weighted by Crippen LogP contribution is 2.45. The Hall–Kier alpha value is -3.79. The molecular weight excluding hydrogens is 440 g/mol. The molecule has 1 saturated carbocycles. The Kier molecular flexibility index (Phi) is 5.09. The quantitative estimate of drug-likeness (QED) is 0.500. The maximum atomic E-state index is 13.4. The van der Waals surface area contributed by atoms with Gasteiger partial charge in [-0.3, -0.25) is 19.5 Å². The lowest BCUT2D eigenvalue weighted by atomic mass is 9.95. The lowest BCUT2D eigenvalue weighted by Crippen LogP contribution is -2.57. The van der Waals surface area contributed by atoms with Gasteiger partial charge in [0.15, 0.2) is 0 Å². The smallest absolute Gasteiger partial charge is 0.331 e. The second kappa shape index (κ2) is 7.96. The molecule has 2 atom stereocenters. The van der Waals surface area contributed by atoms with Gasteiger partial charge in [-0.05, 0) is 50.5 Å². The van der Waals surface area contributed by atoms with Crippen LogP contribution in [0.15, 0.2) is 49.4 Å². The highest BCUT2D eigenvalue weighted by atomic mass is 32.1. The van der Waals surface area contributed by atoms with Gasteiger partial charge in [0.2, 0.25) is 5.91 Å². The fourth-order valence-electron chi connectivity index (χ4n) is 4.58. The van der Waals surface area contributed by atoms with E-state index in [-0.39, 0.29) is 23.9 Å². The number of rotatable bonds is 5. The van der Waals surface area contributed by atoms with Crippen molar-refractivity contribution in [3.8, 4) is 0 Å². The normalized spacial score (nSPS) is 21.5. The fourth-order valence-corrected chi connectivity index (χ4v) is 5.60. The van der Waals surface area contributed by atoms with Crippen molar-refractivity contribution in [1.82, 2.24) is 20.6 Å². The van der Waals surface area contributed by atoms with Crippen molar-refractivity contribution < 1.29 is 14.4 Å². The number of amides is 4. The summed E-state index contributed by atoms with van der Waals surface area (Å²) in [6.07, 6.45) is 8.47. The molecule has 3 N–H and O–H groups in total. The fraction of sp³-hybridized carbons (Fsp3) is 0.261. The third-order valence-corrected chi connectivity index (χ3v) is 7.31. The minimum Gasteiger partial charge on any atom is -0.347 e. The van der Waals surface area contributed by atoms with Crippen LogP contribution in [0.4, 0.5) is 21.9 Å². The Labute approximate surface area is 193 Å². The highest BCUT2D eigenvalue weighted by molar-refractivity contribution is 7.21. The number of aromatic nitrogens is 2. The molecule has 2 unspecified atom stereocenters. The Morgan fingerprint density at radius 1 is 1.36 bits per heavy atom. The van der Waals surface area contributed by atoms with Crippen LogP contribution in [0.1, 0.15) is 35.9 Å². The molecule has 4 amide bonds. The van der Waals surface area contributed by atoms with Gasteiger partial charge in [0.25, 0.3) is 5.91 Å². The summed E-state index contributed by atoms with van der Waals surface area (Å²) >= 11 is 1.23. The van der Waals surface area contributed by atoms with E-state index in [1.54, 1.807) is 36.8 Å². The van der Waals surface area contributed by atoms with Crippen LogP contribution in [0.3, 0.4) is 0 Å². The van der Waals surface area contributed by atoms with Crippen molar-refractivity contribution in [2.24, 2.45) is 0 Å². The number of pyridine rings is 2. The minimum absolute atomic E-state index is 0.206. The van der Waals surface area contributed by atoms with E-state index in [1.165, 1.54) is 22.3 Å². The molecule has 4 heterocycles. The third kappa shape index (κ3) is 3.52. The van der Waals surface area contributed by atoms with Gasteiger partial charge in [0, 0.05) is 12.4 Å². The van der Waals surface area contributed by atoms with E-state index >= 15 is 0 Å². The molecule has 0 saturated heterocycles. The highest BCUT2D eigenvalue weighted by Gasteiger charge is 2.42. The van der Waals surface area contributed by atoms with Crippen LogP contribution in [-0.2, 0) is 4.79 Å². The molecule has 5 rings (SSSR count). The zero-order chi connectivity index (χ0) is 23.2. The predicted molar refractivity (Wildman–Crippen MR) is 127 cm³/mol. The Bertz CT molecular complexity index is 1290. The second-order valence-corrected chi connectivity index (χ2v) is 9.32. The molecule has 1 aliphatic heterocycles. The minimum atomic E-state index is -0.616. The predicted octanol–water partition coefficient (Wildman–Crippen LogP) is 3.72. The van der Waals surface area contributed by atoms with E-state index in [0.29, 0.717) is 32.2 Å². The van der Waals surface area contributed by atoms with Crippen molar-refractivity contribution in [2.45, 2.75) is 37.8 Å². The largest absolute Gasteiger partial charge is 0.347 e. The van der Waals surface area contributed by atoms with Gasteiger partial charge in [-0.1, -0.05) is 6.58 Å². The first kappa shape index (κ1) is 21.1. The average Bonchev–Trinajstić information content (AvgIpc) is 3.35. The molecule has 1 fully saturated rings. The third-order valence-electron chi connectivity index (χ3n) is 6.22. The van der Waals surface area contributed by atoms with E-state index in [9.17, 15) is 14.4 Å². The molecule has 3 aromatic rings. The SMILES string of the molecule is C=CC(=O)NC1CCCC1(C)NC(=O)c1sc2nccc3c2c1NC(=O)N3c1cccnc1. The van der Waals surface area contributed by atoms with Crippen molar-refractivity contribution in [3.63, 3.8) is 0 Å². The number of hydrogen-bond acceptors (Lipinski definition) is 6. The van der Waals surface area contributed by atoms with E-state index < -0.39 is 5.54 Å². The Balaban J connectivity index is 1.51. The zero-order valence-corrected chi connectivity index (χ0v) is 18.7. The van der Waals surface area contributed by atoms with Crippen LogP contribution in [0, 0.1) is 0 Å². The van der Waals surface area contributed by atoms with E-state index in [2.05, 4.69) is 32.5 Å². The molecule has 0 bridgehead atoms. The van der Waals surface area contributed by atoms with Crippen LogP contribution < -0.4 is 20.9 Å². The lowest BCUT2D eigenvalue weighted by Gasteiger charge is -2.33. The lowest BCUT2D eigenvalue weighted by molar-refractivity contribution is -0.117. The van der Waals surface area contributed by atoms with Gasteiger partial charge < -0.3 is 16.0 Å². The van der Waals surface area contributed by atoms with Gasteiger partial charge in [-0.15, -0.1) is 11.3 Å². The van der Waals surface area contributed by atoms with Crippen LogP contribution in [0.2, 0.25) is 0 Å². The van der Waals surface area contributed by atoms with Gasteiger partial charge >= 0.3 is 6.03 Å². The summed E-state index contributed by atoms with van der Waals surface area (Å²) in [5.41, 5.74) is 1.10. The first-order valence-electron chi connectivity index (χ1n) is 10.6. The molecule has 0 radical (unpaired) electrons. The Morgan fingerprint density at radius 3 is 2.97 bits per heavy atom. The topological polar surface area (TPSA) is 116 Å². The van der Waals surface area contributed by atoms with E-state index in [1.807, 2.05) is 6.92 Å². The van der Waals surface area contributed by atoms with E-state index in [0.717, 1.165) is 19.3 Å². The molecule has 3 aromatic heterocycles. The first-order valence-corrected chi connectivity index (χ1v) is 11.4.